The zero-order chi connectivity index (χ0) is 14.0. The highest BCUT2D eigenvalue weighted by atomic mass is 32.2. The molecule has 5 nitrogen and oxygen atoms in total. The van der Waals surface area contributed by atoms with Crippen LogP contribution in [0.4, 0.5) is 5.82 Å². The molecule has 1 aliphatic heterocycles. The molecular formula is C13H21N3O2S. The van der Waals surface area contributed by atoms with Crippen LogP contribution in [0.1, 0.15) is 13.3 Å². The number of nitrogens with two attached hydrogens (primary N) is 1. The van der Waals surface area contributed by atoms with Crippen LogP contribution in [0.3, 0.4) is 0 Å². The van der Waals surface area contributed by atoms with Gasteiger partial charge >= 0.3 is 0 Å². The van der Waals surface area contributed by atoms with Crippen molar-refractivity contribution in [3.05, 3.63) is 18.3 Å². The van der Waals surface area contributed by atoms with E-state index in [9.17, 15) is 8.42 Å². The Labute approximate surface area is 114 Å². The van der Waals surface area contributed by atoms with Gasteiger partial charge in [0.2, 0.25) is 0 Å². The summed E-state index contributed by atoms with van der Waals surface area (Å²) in [5.41, 5.74) is 5.79. The lowest BCUT2D eigenvalue weighted by Crippen LogP contribution is -2.43. The minimum Gasteiger partial charge on any atom is -0.355 e. The molecule has 1 saturated heterocycles. The van der Waals surface area contributed by atoms with Crippen molar-refractivity contribution in [1.82, 2.24) is 4.98 Å². The molecule has 2 heterocycles. The predicted molar refractivity (Wildman–Crippen MR) is 75.9 cm³/mol. The van der Waals surface area contributed by atoms with Crippen LogP contribution in [-0.2, 0) is 9.84 Å². The van der Waals surface area contributed by atoms with Crippen LogP contribution >= 0.6 is 0 Å². The first-order valence-corrected chi connectivity index (χ1v) is 8.42. The Kier molecular flexibility index (Phi) is 4.10. The molecule has 0 aliphatic carbocycles. The van der Waals surface area contributed by atoms with E-state index in [4.69, 9.17) is 5.73 Å². The van der Waals surface area contributed by atoms with Crippen LogP contribution in [0.25, 0.3) is 0 Å². The van der Waals surface area contributed by atoms with Crippen molar-refractivity contribution in [2.75, 3.05) is 30.8 Å². The summed E-state index contributed by atoms with van der Waals surface area (Å²) < 4.78 is 23.6. The summed E-state index contributed by atoms with van der Waals surface area (Å²) in [4.78, 5) is 6.62. The third-order valence-corrected chi connectivity index (χ3v) is 4.98. The van der Waals surface area contributed by atoms with Crippen molar-refractivity contribution in [3.8, 4) is 0 Å². The third-order valence-electron chi connectivity index (χ3n) is 3.87. The van der Waals surface area contributed by atoms with E-state index in [1.807, 2.05) is 4.90 Å². The van der Waals surface area contributed by atoms with Gasteiger partial charge in [-0.3, -0.25) is 0 Å². The summed E-state index contributed by atoms with van der Waals surface area (Å²) in [6, 6.07) is 3.28. The standard InChI is InChI=1S/C13H21N3O2S/c1-10-5-7-16(9-11(10)8-14)13-12(19(2,17)18)4-3-6-15-13/h3-4,6,10-11H,5,7-9,14H2,1-2H3. The molecule has 2 unspecified atom stereocenters. The maximum absolute atomic E-state index is 11.8. The quantitative estimate of drug-likeness (QED) is 0.892. The lowest BCUT2D eigenvalue weighted by Gasteiger charge is -2.37. The summed E-state index contributed by atoms with van der Waals surface area (Å²) in [6.45, 7) is 4.43. The molecule has 1 aliphatic rings. The summed E-state index contributed by atoms with van der Waals surface area (Å²) in [7, 11) is -3.26. The van der Waals surface area contributed by atoms with Gasteiger partial charge in [0.15, 0.2) is 9.84 Å². The normalized spacial score (nSPS) is 24.5. The van der Waals surface area contributed by atoms with Crippen LogP contribution in [-0.4, -0.2) is 39.3 Å². The van der Waals surface area contributed by atoms with Crippen molar-refractivity contribution < 1.29 is 8.42 Å². The Morgan fingerprint density at radius 1 is 1.53 bits per heavy atom. The Bertz CT molecular complexity index is 545. The Balaban J connectivity index is 2.33. The number of sulfone groups is 1. The molecule has 106 valence electrons. The van der Waals surface area contributed by atoms with E-state index in [1.54, 1.807) is 18.3 Å². The van der Waals surface area contributed by atoms with Gasteiger partial charge in [-0.25, -0.2) is 13.4 Å². The second-order valence-electron chi connectivity index (χ2n) is 5.31. The smallest absolute Gasteiger partial charge is 0.179 e. The van der Waals surface area contributed by atoms with Crippen molar-refractivity contribution in [2.45, 2.75) is 18.2 Å². The largest absolute Gasteiger partial charge is 0.355 e. The number of anilines is 1. The lowest BCUT2D eigenvalue weighted by molar-refractivity contribution is 0.306. The van der Waals surface area contributed by atoms with E-state index < -0.39 is 9.84 Å². The van der Waals surface area contributed by atoms with Gasteiger partial charge in [-0.2, -0.15) is 0 Å². The van der Waals surface area contributed by atoms with E-state index in [-0.39, 0.29) is 0 Å². The number of aromatic nitrogens is 1. The van der Waals surface area contributed by atoms with E-state index in [0.29, 0.717) is 29.1 Å². The molecule has 0 spiro atoms. The fourth-order valence-corrected chi connectivity index (χ4v) is 3.40. The average Bonchev–Trinajstić information content (AvgIpc) is 2.38. The van der Waals surface area contributed by atoms with Crippen molar-refractivity contribution in [3.63, 3.8) is 0 Å². The number of piperidine rings is 1. The van der Waals surface area contributed by atoms with E-state index in [2.05, 4.69) is 11.9 Å². The van der Waals surface area contributed by atoms with Crippen LogP contribution in [0.2, 0.25) is 0 Å². The first kappa shape index (κ1) is 14.3. The van der Waals surface area contributed by atoms with E-state index >= 15 is 0 Å². The first-order valence-electron chi connectivity index (χ1n) is 6.53. The molecule has 0 bridgehead atoms. The second kappa shape index (κ2) is 5.46. The fourth-order valence-electron chi connectivity index (χ4n) is 2.56. The summed E-state index contributed by atoms with van der Waals surface area (Å²) >= 11 is 0. The molecule has 0 aromatic carbocycles. The molecule has 1 fully saturated rings. The van der Waals surface area contributed by atoms with Crippen LogP contribution in [0, 0.1) is 11.8 Å². The molecule has 19 heavy (non-hydrogen) atoms. The molecule has 0 saturated carbocycles. The minimum atomic E-state index is -3.26. The lowest BCUT2D eigenvalue weighted by atomic mass is 9.87. The van der Waals surface area contributed by atoms with Gasteiger partial charge in [0.25, 0.3) is 0 Å². The Morgan fingerprint density at radius 3 is 2.89 bits per heavy atom. The fraction of sp³-hybridized carbons (Fsp3) is 0.615. The van der Waals surface area contributed by atoms with Gasteiger partial charge in [-0.15, -0.1) is 0 Å². The number of rotatable bonds is 3. The number of pyridine rings is 1. The van der Waals surface area contributed by atoms with Gasteiger partial charge in [-0.05, 0) is 36.9 Å². The van der Waals surface area contributed by atoms with Crippen LogP contribution in [0.15, 0.2) is 23.2 Å². The molecular weight excluding hydrogens is 262 g/mol. The molecule has 0 amide bonds. The minimum absolute atomic E-state index is 0.306. The zero-order valence-corrected chi connectivity index (χ0v) is 12.2. The van der Waals surface area contributed by atoms with E-state index in [1.165, 1.54) is 6.26 Å². The maximum Gasteiger partial charge on any atom is 0.179 e. The summed E-state index contributed by atoms with van der Waals surface area (Å²) in [5.74, 6) is 1.53. The third kappa shape index (κ3) is 3.06. The number of hydrogen-bond donors (Lipinski definition) is 1. The van der Waals surface area contributed by atoms with E-state index in [0.717, 1.165) is 19.5 Å². The average molecular weight is 283 g/mol. The zero-order valence-electron chi connectivity index (χ0n) is 11.4. The Morgan fingerprint density at radius 2 is 2.26 bits per heavy atom. The maximum atomic E-state index is 11.8. The SMILES string of the molecule is CC1CCN(c2ncccc2S(C)(=O)=O)CC1CN. The summed E-state index contributed by atoms with van der Waals surface area (Å²) in [5, 5.41) is 0. The molecule has 2 N–H and O–H groups in total. The number of nitrogens with zero attached hydrogens (tertiary/aromatic N) is 2. The molecule has 6 heteroatoms. The summed E-state index contributed by atoms with van der Waals surface area (Å²) in [6.07, 6.45) is 3.88. The second-order valence-corrected chi connectivity index (χ2v) is 7.29. The van der Waals surface area contributed by atoms with Crippen molar-refractivity contribution >= 4 is 15.7 Å². The number of hydrogen-bond acceptors (Lipinski definition) is 5. The van der Waals surface area contributed by atoms with Gasteiger partial charge in [0, 0.05) is 25.5 Å². The highest BCUT2D eigenvalue weighted by Gasteiger charge is 2.28. The van der Waals surface area contributed by atoms with Gasteiger partial charge in [-0.1, -0.05) is 6.92 Å². The molecule has 2 rings (SSSR count). The highest BCUT2D eigenvalue weighted by Crippen LogP contribution is 2.29. The predicted octanol–water partition coefficient (Wildman–Crippen LogP) is 0.906. The molecule has 2 atom stereocenters. The van der Waals surface area contributed by atoms with Gasteiger partial charge < -0.3 is 10.6 Å². The van der Waals surface area contributed by atoms with Gasteiger partial charge in [0.05, 0.1) is 0 Å². The molecule has 1 aromatic heterocycles. The monoisotopic (exact) mass is 283 g/mol. The Hall–Kier alpha value is -1.14. The topological polar surface area (TPSA) is 76.3 Å². The first-order chi connectivity index (χ1) is 8.93. The van der Waals surface area contributed by atoms with Crippen molar-refractivity contribution in [1.29, 1.82) is 0 Å². The molecule has 0 radical (unpaired) electrons. The highest BCUT2D eigenvalue weighted by molar-refractivity contribution is 7.90. The van der Waals surface area contributed by atoms with Crippen LogP contribution < -0.4 is 10.6 Å². The molecule has 1 aromatic rings. The van der Waals surface area contributed by atoms with Gasteiger partial charge in [0.1, 0.15) is 10.7 Å². The van der Waals surface area contributed by atoms with Crippen LogP contribution in [0.5, 0.6) is 0 Å². The van der Waals surface area contributed by atoms with Crippen molar-refractivity contribution in [2.24, 2.45) is 17.6 Å².